The second kappa shape index (κ2) is 9.28. The highest BCUT2D eigenvalue weighted by molar-refractivity contribution is 9.10. The van der Waals surface area contributed by atoms with Gasteiger partial charge in [0.15, 0.2) is 0 Å². The molecule has 0 unspecified atom stereocenters. The van der Waals surface area contributed by atoms with E-state index in [0.29, 0.717) is 17.2 Å². The molecule has 0 aliphatic carbocycles. The second-order valence-corrected chi connectivity index (χ2v) is 5.68. The average Bonchev–Trinajstić information content (AvgIpc) is 2.68. The fourth-order valence-corrected chi connectivity index (χ4v) is 1.98. The molecule has 0 atom stereocenters. The van der Waals surface area contributed by atoms with Gasteiger partial charge in [0.1, 0.15) is 11.5 Å². The predicted molar refractivity (Wildman–Crippen MR) is 101 cm³/mol. The molecule has 0 amide bonds. The minimum atomic E-state index is 0.264. The maximum atomic E-state index is 5.52. The van der Waals surface area contributed by atoms with E-state index < -0.39 is 0 Å². The van der Waals surface area contributed by atoms with Gasteiger partial charge in [0, 0.05) is 12.4 Å². The third kappa shape index (κ3) is 5.67. The molecule has 8 heteroatoms. The Labute approximate surface area is 158 Å². The lowest BCUT2D eigenvalue weighted by atomic mass is 10.3. The summed E-state index contributed by atoms with van der Waals surface area (Å²) in [7, 11) is 0. The largest absolute Gasteiger partial charge is 0.442 e. The van der Waals surface area contributed by atoms with Crippen molar-refractivity contribution in [2.24, 2.45) is 10.1 Å². The van der Waals surface area contributed by atoms with Crippen LogP contribution in [0.25, 0.3) is 0 Å². The van der Waals surface area contributed by atoms with Gasteiger partial charge in [-0.1, -0.05) is 18.2 Å². The van der Waals surface area contributed by atoms with Crippen LogP contribution in [-0.2, 0) is 4.84 Å². The SMILES string of the molecule is Brc1cnc(Oc2ccc(N=CON=COc3ccccc3)cc2)nc1. The summed E-state index contributed by atoms with van der Waals surface area (Å²) in [6.07, 6.45) is 5.62. The van der Waals surface area contributed by atoms with Gasteiger partial charge >= 0.3 is 6.01 Å². The first kappa shape index (κ1) is 17.6. The molecule has 0 aliphatic heterocycles. The van der Waals surface area contributed by atoms with Crippen LogP contribution in [0.5, 0.6) is 17.5 Å². The van der Waals surface area contributed by atoms with Gasteiger partial charge in [0.25, 0.3) is 0 Å². The molecule has 0 fully saturated rings. The number of hydrogen-bond donors (Lipinski definition) is 0. The molecule has 130 valence electrons. The molecule has 0 aliphatic rings. The Hall–Kier alpha value is -3.26. The molecular formula is C18H13BrN4O3. The van der Waals surface area contributed by atoms with Crippen molar-refractivity contribution in [3.8, 4) is 17.5 Å². The quantitative estimate of drug-likeness (QED) is 0.318. The van der Waals surface area contributed by atoms with Gasteiger partial charge in [-0.3, -0.25) is 0 Å². The van der Waals surface area contributed by atoms with E-state index in [1.54, 1.807) is 36.7 Å². The fourth-order valence-electron chi connectivity index (χ4n) is 1.78. The summed E-state index contributed by atoms with van der Waals surface area (Å²) in [5, 5.41) is 3.62. The van der Waals surface area contributed by atoms with Crippen LogP contribution < -0.4 is 9.47 Å². The van der Waals surface area contributed by atoms with E-state index in [1.807, 2.05) is 30.3 Å². The van der Waals surface area contributed by atoms with E-state index in [-0.39, 0.29) is 6.01 Å². The van der Waals surface area contributed by atoms with Crippen molar-refractivity contribution in [1.82, 2.24) is 9.97 Å². The van der Waals surface area contributed by atoms with Gasteiger partial charge in [-0.2, -0.15) is 0 Å². The zero-order chi connectivity index (χ0) is 18.0. The number of nitrogens with zero attached hydrogens (tertiary/aromatic N) is 4. The van der Waals surface area contributed by atoms with Gasteiger partial charge in [-0.15, -0.1) is 0 Å². The molecule has 7 nitrogen and oxygen atoms in total. The lowest BCUT2D eigenvalue weighted by Crippen LogP contribution is -1.90. The summed E-state index contributed by atoms with van der Waals surface area (Å²) in [6, 6.07) is 16.5. The standard InChI is InChI=1S/C18H13BrN4O3/c19-14-10-20-18(21-11-14)26-17-8-6-15(7-9-17)22-12-25-23-13-24-16-4-2-1-3-5-16/h1-13H. The monoisotopic (exact) mass is 412 g/mol. The van der Waals surface area contributed by atoms with E-state index in [0.717, 1.165) is 4.47 Å². The van der Waals surface area contributed by atoms with Gasteiger partial charge in [0.05, 0.1) is 10.2 Å². The molecule has 3 aromatic rings. The summed E-state index contributed by atoms with van der Waals surface area (Å²) in [4.78, 5) is 17.1. The van der Waals surface area contributed by atoms with E-state index in [1.165, 1.54) is 12.8 Å². The number of oxime groups is 1. The topological polar surface area (TPSA) is 78.2 Å². The van der Waals surface area contributed by atoms with Crippen molar-refractivity contribution in [2.75, 3.05) is 0 Å². The molecular weight excluding hydrogens is 400 g/mol. The highest BCUT2D eigenvalue weighted by Gasteiger charge is 2.00. The van der Waals surface area contributed by atoms with E-state index in [9.17, 15) is 0 Å². The Morgan fingerprint density at radius 3 is 2.31 bits per heavy atom. The van der Waals surface area contributed by atoms with Crippen molar-refractivity contribution in [2.45, 2.75) is 0 Å². The number of ether oxygens (including phenoxy) is 2. The Kier molecular flexibility index (Phi) is 6.27. The van der Waals surface area contributed by atoms with Crippen molar-refractivity contribution >= 4 is 34.4 Å². The van der Waals surface area contributed by atoms with Crippen LogP contribution in [0.2, 0.25) is 0 Å². The lowest BCUT2D eigenvalue weighted by molar-refractivity contribution is 0.335. The van der Waals surface area contributed by atoms with Crippen LogP contribution >= 0.6 is 15.9 Å². The number of para-hydroxylation sites is 1. The third-order valence-electron chi connectivity index (χ3n) is 2.93. The van der Waals surface area contributed by atoms with E-state index in [2.05, 4.69) is 36.0 Å². The van der Waals surface area contributed by atoms with Gasteiger partial charge in [0.2, 0.25) is 12.8 Å². The second-order valence-electron chi connectivity index (χ2n) is 4.76. The number of aliphatic imine (C=N–C) groups is 1. The van der Waals surface area contributed by atoms with Crippen LogP contribution in [-0.4, -0.2) is 22.8 Å². The zero-order valence-electron chi connectivity index (χ0n) is 13.4. The Morgan fingerprint density at radius 2 is 1.58 bits per heavy atom. The summed E-state index contributed by atoms with van der Waals surface area (Å²) < 4.78 is 11.5. The van der Waals surface area contributed by atoms with Gasteiger partial charge in [-0.25, -0.2) is 15.0 Å². The molecule has 0 spiro atoms. The highest BCUT2D eigenvalue weighted by atomic mass is 79.9. The molecule has 2 aromatic carbocycles. The Bertz CT molecular complexity index is 869. The zero-order valence-corrected chi connectivity index (χ0v) is 15.0. The first-order valence-corrected chi connectivity index (χ1v) is 8.26. The smallest absolute Gasteiger partial charge is 0.321 e. The molecule has 0 saturated carbocycles. The first-order valence-electron chi connectivity index (χ1n) is 7.47. The third-order valence-corrected chi connectivity index (χ3v) is 3.34. The molecule has 26 heavy (non-hydrogen) atoms. The van der Waals surface area contributed by atoms with Crippen LogP contribution in [0.3, 0.4) is 0 Å². The normalized spacial score (nSPS) is 11.0. The molecule has 0 bridgehead atoms. The molecule has 0 radical (unpaired) electrons. The van der Waals surface area contributed by atoms with E-state index in [4.69, 9.17) is 14.3 Å². The van der Waals surface area contributed by atoms with Crippen LogP contribution in [0, 0.1) is 0 Å². The predicted octanol–water partition coefficient (Wildman–Crippen LogP) is 4.73. The summed E-state index contributed by atoms with van der Waals surface area (Å²) >= 11 is 3.27. The van der Waals surface area contributed by atoms with Crippen molar-refractivity contribution in [3.63, 3.8) is 0 Å². The Balaban J connectivity index is 1.46. The highest BCUT2D eigenvalue weighted by Crippen LogP contribution is 2.21. The fraction of sp³-hybridized carbons (Fsp3) is 0. The minimum Gasteiger partial charge on any atom is -0.442 e. The lowest BCUT2D eigenvalue weighted by Gasteiger charge is -2.03. The van der Waals surface area contributed by atoms with Crippen molar-refractivity contribution in [1.29, 1.82) is 0 Å². The van der Waals surface area contributed by atoms with Crippen molar-refractivity contribution < 1.29 is 14.3 Å². The number of rotatable bonds is 7. The van der Waals surface area contributed by atoms with Gasteiger partial charge in [-0.05, 0) is 57.5 Å². The summed E-state index contributed by atoms with van der Waals surface area (Å²) in [5.41, 5.74) is 0.674. The average molecular weight is 413 g/mol. The number of halogens is 1. The van der Waals surface area contributed by atoms with Crippen LogP contribution in [0.4, 0.5) is 5.69 Å². The maximum Gasteiger partial charge on any atom is 0.321 e. The van der Waals surface area contributed by atoms with Crippen LogP contribution in [0.15, 0.2) is 81.6 Å². The number of benzene rings is 2. The Morgan fingerprint density at radius 1 is 0.846 bits per heavy atom. The molecule has 1 aromatic heterocycles. The first-order chi connectivity index (χ1) is 12.8. The molecule has 0 saturated heterocycles. The number of aromatic nitrogens is 2. The molecule has 3 rings (SSSR count). The molecule has 1 heterocycles. The molecule has 0 N–H and O–H groups in total. The van der Waals surface area contributed by atoms with Crippen LogP contribution in [0.1, 0.15) is 0 Å². The minimum absolute atomic E-state index is 0.264. The van der Waals surface area contributed by atoms with E-state index >= 15 is 0 Å². The van der Waals surface area contributed by atoms with Crippen molar-refractivity contribution in [3.05, 3.63) is 71.5 Å². The summed E-state index contributed by atoms with van der Waals surface area (Å²) in [5.74, 6) is 1.27. The maximum absolute atomic E-state index is 5.52. The number of hydrogen-bond acceptors (Lipinski definition) is 7. The summed E-state index contributed by atoms with van der Waals surface area (Å²) in [6.45, 7) is 0. The van der Waals surface area contributed by atoms with Gasteiger partial charge < -0.3 is 14.3 Å².